The topological polar surface area (TPSA) is 42.9 Å². The summed E-state index contributed by atoms with van der Waals surface area (Å²) in [6.45, 7) is 7.70. The van der Waals surface area contributed by atoms with Crippen molar-refractivity contribution in [3.8, 4) is 0 Å². The first kappa shape index (κ1) is 12.7. The summed E-state index contributed by atoms with van der Waals surface area (Å²) in [5.41, 5.74) is 5.49. The Morgan fingerprint density at radius 3 is 2.00 bits per heavy atom. The third-order valence-corrected chi connectivity index (χ3v) is 3.21. The van der Waals surface area contributed by atoms with Crippen LogP contribution in [-0.2, 0) is 12.8 Å². The zero-order chi connectivity index (χ0) is 13.3. The van der Waals surface area contributed by atoms with Crippen LogP contribution in [0.2, 0.25) is 0 Å². The number of Topliss-reactive ketones (excluding diaryl/α,β-unsaturated/α-hetero) is 1. The Labute approximate surface area is 107 Å². The van der Waals surface area contributed by atoms with Crippen molar-refractivity contribution in [3.63, 3.8) is 0 Å². The summed E-state index contributed by atoms with van der Waals surface area (Å²) >= 11 is 0. The maximum Gasteiger partial charge on any atom is 0.160 e. The van der Waals surface area contributed by atoms with E-state index in [1.54, 1.807) is 6.92 Å². The van der Waals surface area contributed by atoms with Gasteiger partial charge in [0.2, 0.25) is 0 Å². The van der Waals surface area contributed by atoms with Crippen LogP contribution in [0.1, 0.15) is 48.1 Å². The highest BCUT2D eigenvalue weighted by Crippen LogP contribution is 2.19. The van der Waals surface area contributed by atoms with Gasteiger partial charge in [-0.25, -0.2) is 9.97 Å². The number of fused-ring (bicyclic) bond motifs is 1. The summed E-state index contributed by atoms with van der Waals surface area (Å²) in [5, 5.41) is 0. The second-order valence-electron chi connectivity index (χ2n) is 4.54. The van der Waals surface area contributed by atoms with Crippen molar-refractivity contribution in [3.05, 3.63) is 34.6 Å². The molecule has 1 aromatic heterocycles. The van der Waals surface area contributed by atoms with E-state index in [2.05, 4.69) is 23.8 Å². The number of benzene rings is 1. The number of aromatic nitrogens is 2. The molecular weight excluding hydrogens is 224 g/mol. The smallest absolute Gasteiger partial charge is 0.160 e. The van der Waals surface area contributed by atoms with Crippen LogP contribution in [0, 0.1) is 6.92 Å². The lowest BCUT2D eigenvalue weighted by molar-refractivity contribution is 0.101. The zero-order valence-electron chi connectivity index (χ0n) is 11.4. The third kappa shape index (κ3) is 2.13. The average Bonchev–Trinajstić information content (AvgIpc) is 2.36. The number of hydrogen-bond acceptors (Lipinski definition) is 3. The molecule has 2 rings (SSSR count). The number of ketones is 1. The van der Waals surface area contributed by atoms with Gasteiger partial charge in [0.05, 0.1) is 22.4 Å². The van der Waals surface area contributed by atoms with E-state index < -0.39 is 0 Å². The fourth-order valence-corrected chi connectivity index (χ4v) is 2.23. The third-order valence-electron chi connectivity index (χ3n) is 3.21. The summed E-state index contributed by atoms with van der Waals surface area (Å²) in [6, 6.07) is 3.82. The van der Waals surface area contributed by atoms with E-state index in [1.807, 2.05) is 19.1 Å². The van der Waals surface area contributed by atoms with Gasteiger partial charge in [-0.15, -0.1) is 0 Å². The minimum Gasteiger partial charge on any atom is -0.294 e. The van der Waals surface area contributed by atoms with Crippen molar-refractivity contribution in [1.29, 1.82) is 0 Å². The van der Waals surface area contributed by atoms with Gasteiger partial charge in [-0.3, -0.25) is 4.79 Å². The van der Waals surface area contributed by atoms with Gasteiger partial charge in [0, 0.05) is 5.56 Å². The number of aryl methyl sites for hydroxylation is 3. The summed E-state index contributed by atoms with van der Waals surface area (Å²) in [6.07, 6.45) is 1.76. The van der Waals surface area contributed by atoms with E-state index in [9.17, 15) is 4.79 Å². The highest BCUT2D eigenvalue weighted by atomic mass is 16.1. The lowest BCUT2D eigenvalue weighted by Gasteiger charge is -2.09. The number of nitrogens with zero attached hydrogens (tertiary/aromatic N) is 2. The Morgan fingerprint density at radius 2 is 1.56 bits per heavy atom. The van der Waals surface area contributed by atoms with Crippen molar-refractivity contribution in [2.75, 3.05) is 0 Å². The predicted molar refractivity (Wildman–Crippen MR) is 73.0 cm³/mol. The summed E-state index contributed by atoms with van der Waals surface area (Å²) in [5.74, 6) is 0.0776. The molecule has 2 aromatic rings. The minimum absolute atomic E-state index is 0.0776. The van der Waals surface area contributed by atoms with Crippen LogP contribution in [0.5, 0.6) is 0 Å². The molecule has 94 valence electrons. The Kier molecular flexibility index (Phi) is 3.41. The molecule has 0 N–H and O–H groups in total. The van der Waals surface area contributed by atoms with E-state index >= 15 is 0 Å². The standard InChI is InChI=1S/C15H18N2O/c1-5-12-13(6-2)17-15-8-11(10(4)18)9(3)7-14(15)16-12/h7-8H,5-6H2,1-4H3. The minimum atomic E-state index is 0.0776. The molecule has 1 aromatic carbocycles. The summed E-state index contributed by atoms with van der Waals surface area (Å²) in [7, 11) is 0. The number of hydrogen-bond donors (Lipinski definition) is 0. The normalized spacial score (nSPS) is 10.9. The molecule has 0 aliphatic carbocycles. The van der Waals surface area contributed by atoms with Crippen LogP contribution in [-0.4, -0.2) is 15.8 Å². The monoisotopic (exact) mass is 242 g/mol. The Hall–Kier alpha value is -1.77. The molecule has 0 radical (unpaired) electrons. The molecule has 0 spiro atoms. The lowest BCUT2D eigenvalue weighted by Crippen LogP contribution is -2.03. The molecule has 0 aliphatic rings. The summed E-state index contributed by atoms with van der Waals surface area (Å²) < 4.78 is 0. The number of carbonyl (C=O) groups excluding carboxylic acids is 1. The average molecular weight is 242 g/mol. The van der Waals surface area contributed by atoms with E-state index in [4.69, 9.17) is 0 Å². The van der Waals surface area contributed by atoms with Crippen LogP contribution in [0.4, 0.5) is 0 Å². The SMILES string of the molecule is CCc1nc2cc(C)c(C(C)=O)cc2nc1CC. The highest BCUT2D eigenvalue weighted by Gasteiger charge is 2.10. The first-order valence-electron chi connectivity index (χ1n) is 6.37. The molecule has 0 amide bonds. The molecule has 18 heavy (non-hydrogen) atoms. The van der Waals surface area contributed by atoms with E-state index in [0.717, 1.165) is 46.4 Å². The lowest BCUT2D eigenvalue weighted by atomic mass is 10.0. The van der Waals surface area contributed by atoms with Gasteiger partial charge in [0.1, 0.15) is 0 Å². The van der Waals surface area contributed by atoms with Gasteiger partial charge in [-0.1, -0.05) is 13.8 Å². The van der Waals surface area contributed by atoms with Crippen molar-refractivity contribution in [2.24, 2.45) is 0 Å². The fourth-order valence-electron chi connectivity index (χ4n) is 2.23. The molecule has 0 saturated carbocycles. The maximum absolute atomic E-state index is 11.5. The van der Waals surface area contributed by atoms with E-state index in [1.165, 1.54) is 0 Å². The quantitative estimate of drug-likeness (QED) is 0.776. The van der Waals surface area contributed by atoms with Crippen LogP contribution < -0.4 is 0 Å². The molecule has 0 fully saturated rings. The van der Waals surface area contributed by atoms with Gasteiger partial charge < -0.3 is 0 Å². The predicted octanol–water partition coefficient (Wildman–Crippen LogP) is 3.27. The van der Waals surface area contributed by atoms with E-state index in [0.29, 0.717) is 0 Å². The van der Waals surface area contributed by atoms with Crippen LogP contribution in [0.3, 0.4) is 0 Å². The molecule has 0 bridgehead atoms. The van der Waals surface area contributed by atoms with Gasteiger partial charge in [-0.2, -0.15) is 0 Å². The molecule has 0 unspecified atom stereocenters. The molecule has 0 saturated heterocycles. The van der Waals surface area contributed by atoms with Crippen molar-refractivity contribution >= 4 is 16.8 Å². The van der Waals surface area contributed by atoms with Crippen LogP contribution in [0.15, 0.2) is 12.1 Å². The zero-order valence-corrected chi connectivity index (χ0v) is 11.4. The fraction of sp³-hybridized carbons (Fsp3) is 0.400. The van der Waals surface area contributed by atoms with Crippen molar-refractivity contribution in [1.82, 2.24) is 9.97 Å². The van der Waals surface area contributed by atoms with Crippen LogP contribution in [0.25, 0.3) is 11.0 Å². The largest absolute Gasteiger partial charge is 0.294 e. The highest BCUT2D eigenvalue weighted by molar-refractivity contribution is 5.98. The molecule has 3 nitrogen and oxygen atoms in total. The maximum atomic E-state index is 11.5. The molecule has 0 aliphatic heterocycles. The number of rotatable bonds is 3. The van der Waals surface area contributed by atoms with Crippen molar-refractivity contribution < 1.29 is 4.79 Å². The van der Waals surface area contributed by atoms with E-state index in [-0.39, 0.29) is 5.78 Å². The van der Waals surface area contributed by atoms with Crippen molar-refractivity contribution in [2.45, 2.75) is 40.5 Å². The first-order valence-corrected chi connectivity index (χ1v) is 6.37. The molecule has 0 atom stereocenters. The van der Waals surface area contributed by atoms with Gasteiger partial charge in [-0.05, 0) is 44.4 Å². The Morgan fingerprint density at radius 1 is 1.06 bits per heavy atom. The molecule has 1 heterocycles. The second-order valence-corrected chi connectivity index (χ2v) is 4.54. The van der Waals surface area contributed by atoms with Gasteiger partial charge in [0.25, 0.3) is 0 Å². The summed E-state index contributed by atoms with van der Waals surface area (Å²) in [4.78, 5) is 20.8. The Balaban J connectivity index is 2.73. The van der Waals surface area contributed by atoms with Gasteiger partial charge >= 0.3 is 0 Å². The number of carbonyl (C=O) groups is 1. The van der Waals surface area contributed by atoms with Gasteiger partial charge in [0.15, 0.2) is 5.78 Å². The molecular formula is C15H18N2O. The van der Waals surface area contributed by atoms with Crippen LogP contribution >= 0.6 is 0 Å². The second kappa shape index (κ2) is 4.84. The Bertz CT molecular complexity index is 617. The molecule has 3 heteroatoms. The first-order chi connectivity index (χ1) is 8.56.